The third-order valence-electron chi connectivity index (χ3n) is 13.8. The van der Waals surface area contributed by atoms with Crippen molar-refractivity contribution in [2.24, 2.45) is 56.7 Å². The van der Waals surface area contributed by atoms with E-state index in [1.54, 1.807) is 0 Å². The maximum atomic E-state index is 11.0. The molecule has 5 fully saturated rings. The van der Waals surface area contributed by atoms with Crippen molar-refractivity contribution in [1.29, 1.82) is 0 Å². The molecule has 3 heteroatoms. The van der Waals surface area contributed by atoms with E-state index in [-0.39, 0.29) is 23.5 Å². The van der Waals surface area contributed by atoms with Gasteiger partial charge in [0.25, 0.3) is 0 Å². The van der Waals surface area contributed by atoms with Crippen LogP contribution in [0.3, 0.4) is 0 Å². The van der Waals surface area contributed by atoms with Gasteiger partial charge in [-0.3, -0.25) is 0 Å². The summed E-state index contributed by atoms with van der Waals surface area (Å²) in [5, 5.41) is 21.4. The van der Waals surface area contributed by atoms with E-state index in [4.69, 9.17) is 4.74 Å². The van der Waals surface area contributed by atoms with E-state index < -0.39 is 0 Å². The van der Waals surface area contributed by atoms with E-state index in [9.17, 15) is 10.2 Å². The summed E-state index contributed by atoms with van der Waals surface area (Å²) >= 11 is 0. The number of methoxy groups -OCH3 is 1. The highest BCUT2D eigenvalue weighted by Gasteiger charge is 2.71. The van der Waals surface area contributed by atoms with Gasteiger partial charge in [-0.1, -0.05) is 39.8 Å². The second kappa shape index (κ2) is 8.06. The number of hydrogen-bond acceptors (Lipinski definition) is 3. The maximum Gasteiger partial charge on any atom is 0.0618 e. The van der Waals surface area contributed by atoms with E-state index in [1.165, 1.54) is 50.5 Å². The van der Waals surface area contributed by atoms with E-state index in [0.29, 0.717) is 39.9 Å². The molecule has 5 aliphatic carbocycles. The molecule has 0 bridgehead atoms. The second-order valence-corrected chi connectivity index (χ2v) is 14.7. The van der Waals surface area contributed by atoms with Crippen LogP contribution in [0.25, 0.3) is 0 Å². The molecule has 11 atom stereocenters. The fraction of sp³-hybridized carbons (Fsp3) is 0.935. The quantitative estimate of drug-likeness (QED) is 0.452. The molecule has 5 rings (SSSR count). The molecule has 5 saturated carbocycles. The van der Waals surface area contributed by atoms with Gasteiger partial charge in [-0.2, -0.15) is 0 Å². The molecule has 0 spiro atoms. The van der Waals surface area contributed by atoms with E-state index in [0.717, 1.165) is 31.8 Å². The fourth-order valence-corrected chi connectivity index (χ4v) is 11.8. The molecule has 0 aromatic rings. The van der Waals surface area contributed by atoms with Crippen LogP contribution in [-0.2, 0) is 4.74 Å². The third-order valence-corrected chi connectivity index (χ3v) is 13.8. The van der Waals surface area contributed by atoms with Gasteiger partial charge in [0.1, 0.15) is 0 Å². The van der Waals surface area contributed by atoms with Gasteiger partial charge < -0.3 is 14.9 Å². The van der Waals surface area contributed by atoms with Crippen LogP contribution in [0.2, 0.25) is 0 Å². The average molecular weight is 473 g/mol. The van der Waals surface area contributed by atoms with Crippen molar-refractivity contribution >= 4 is 0 Å². The molecule has 4 unspecified atom stereocenters. The van der Waals surface area contributed by atoms with Gasteiger partial charge in [0, 0.05) is 12.5 Å². The van der Waals surface area contributed by atoms with Crippen molar-refractivity contribution < 1.29 is 14.9 Å². The van der Waals surface area contributed by atoms with Crippen molar-refractivity contribution in [2.45, 2.75) is 105 Å². The number of ether oxygens (including phenoxy) is 1. The van der Waals surface area contributed by atoms with Gasteiger partial charge in [-0.15, -0.1) is 0 Å². The smallest absolute Gasteiger partial charge is 0.0618 e. The molecule has 34 heavy (non-hydrogen) atoms. The number of hydrogen-bond donors (Lipinski definition) is 2. The van der Waals surface area contributed by atoms with Gasteiger partial charge in [-0.25, -0.2) is 0 Å². The molecular formula is C31H52O3. The largest absolute Gasteiger partial charge is 0.396 e. The molecule has 5 aliphatic rings. The lowest BCUT2D eigenvalue weighted by atomic mass is 9.32. The summed E-state index contributed by atoms with van der Waals surface area (Å²) in [5.41, 5.74) is 2.26. The molecule has 0 amide bonds. The van der Waals surface area contributed by atoms with Crippen LogP contribution in [0.5, 0.6) is 0 Å². The van der Waals surface area contributed by atoms with Crippen molar-refractivity contribution in [3.63, 3.8) is 0 Å². The summed E-state index contributed by atoms with van der Waals surface area (Å²) in [7, 11) is 1.91. The molecular weight excluding hydrogens is 420 g/mol. The van der Waals surface area contributed by atoms with Crippen molar-refractivity contribution in [3.8, 4) is 0 Å². The van der Waals surface area contributed by atoms with Crippen molar-refractivity contribution in [3.05, 3.63) is 12.2 Å². The van der Waals surface area contributed by atoms with E-state index >= 15 is 0 Å². The van der Waals surface area contributed by atoms with Crippen LogP contribution < -0.4 is 0 Å². The second-order valence-electron chi connectivity index (χ2n) is 14.7. The van der Waals surface area contributed by atoms with E-state index in [2.05, 4.69) is 41.2 Å². The van der Waals surface area contributed by atoms with Gasteiger partial charge in [0.2, 0.25) is 0 Å². The molecule has 0 aromatic heterocycles. The highest BCUT2D eigenvalue weighted by atomic mass is 16.5. The highest BCUT2D eigenvalue weighted by molar-refractivity contribution is 5.21. The molecule has 0 saturated heterocycles. The zero-order valence-corrected chi connectivity index (χ0v) is 23.0. The Hall–Kier alpha value is -0.380. The standard InChI is InChI=1S/C31H52O3/c1-20(2)21-10-15-31(19-34-7)17-16-29(5)22(26(21)31)8-9-24-27(3)13-12-25(33)28(4,18-32)23(27)11-14-30(24,29)6/h21-26,32-33H,1,8-19H2,2-7H3/t21-,22?,23?,24?,25-,26?,27-,28-,29+,30+,31+/m0/s1. The van der Waals surface area contributed by atoms with Crippen molar-refractivity contribution in [2.75, 3.05) is 20.3 Å². The molecule has 0 aliphatic heterocycles. The minimum atomic E-state index is -0.369. The maximum absolute atomic E-state index is 11.0. The topological polar surface area (TPSA) is 49.7 Å². The fourth-order valence-electron chi connectivity index (χ4n) is 11.8. The lowest BCUT2D eigenvalue weighted by molar-refractivity contribution is -0.255. The van der Waals surface area contributed by atoms with Crippen LogP contribution in [0, 0.1) is 56.7 Å². The zero-order chi connectivity index (χ0) is 24.7. The Balaban J connectivity index is 1.54. The third kappa shape index (κ3) is 2.99. The molecule has 2 N–H and O–H groups in total. The Kier molecular flexibility index (Phi) is 5.99. The Labute approximate surface area is 209 Å². The molecule has 194 valence electrons. The number of aliphatic hydroxyl groups excluding tert-OH is 2. The predicted molar refractivity (Wildman–Crippen MR) is 138 cm³/mol. The Morgan fingerprint density at radius 3 is 2.26 bits per heavy atom. The molecule has 3 nitrogen and oxygen atoms in total. The van der Waals surface area contributed by atoms with Crippen LogP contribution in [0.4, 0.5) is 0 Å². The average Bonchev–Trinajstić information content (AvgIpc) is 3.17. The summed E-state index contributed by atoms with van der Waals surface area (Å²) in [5.74, 6) is 3.20. The molecule has 0 radical (unpaired) electrons. The lowest BCUT2D eigenvalue weighted by Crippen LogP contribution is -2.67. The summed E-state index contributed by atoms with van der Waals surface area (Å²) in [4.78, 5) is 0. The normalized spacial score (nSPS) is 56.7. The first-order chi connectivity index (χ1) is 15.9. The van der Waals surface area contributed by atoms with Gasteiger partial charge >= 0.3 is 0 Å². The van der Waals surface area contributed by atoms with E-state index in [1.807, 2.05) is 7.11 Å². The number of aliphatic hydroxyl groups is 2. The van der Waals surface area contributed by atoms with Crippen LogP contribution in [-0.4, -0.2) is 36.6 Å². The minimum Gasteiger partial charge on any atom is -0.396 e. The monoisotopic (exact) mass is 472 g/mol. The Morgan fingerprint density at radius 2 is 1.62 bits per heavy atom. The van der Waals surface area contributed by atoms with Gasteiger partial charge in [0.05, 0.1) is 19.3 Å². The van der Waals surface area contributed by atoms with Crippen LogP contribution in [0.15, 0.2) is 12.2 Å². The van der Waals surface area contributed by atoms with Crippen LogP contribution >= 0.6 is 0 Å². The first-order valence-electron chi connectivity index (χ1n) is 14.4. The Bertz CT molecular complexity index is 823. The summed E-state index contributed by atoms with van der Waals surface area (Å²) < 4.78 is 5.91. The highest BCUT2D eigenvalue weighted by Crippen LogP contribution is 2.77. The van der Waals surface area contributed by atoms with Gasteiger partial charge in [-0.05, 0) is 122 Å². The SMILES string of the molecule is C=C(C)[C@@H]1CC[C@]2(COC)CC[C@]3(C)C(CCC4[C@@]5(C)CC[C@H](O)[C@@](C)(CO)C5CC[C@]43C)C12. The number of rotatable bonds is 4. The first-order valence-corrected chi connectivity index (χ1v) is 14.4. The zero-order valence-electron chi connectivity index (χ0n) is 23.0. The summed E-state index contributed by atoms with van der Waals surface area (Å²) in [6.07, 6.45) is 11.9. The predicted octanol–water partition coefficient (Wildman–Crippen LogP) is 6.62. The van der Waals surface area contributed by atoms with Gasteiger partial charge in [0.15, 0.2) is 0 Å². The molecule has 0 heterocycles. The Morgan fingerprint density at radius 1 is 0.882 bits per heavy atom. The number of fused-ring (bicyclic) bond motifs is 7. The molecule has 0 aromatic carbocycles. The van der Waals surface area contributed by atoms with Crippen molar-refractivity contribution in [1.82, 2.24) is 0 Å². The summed E-state index contributed by atoms with van der Waals surface area (Å²) in [6.45, 7) is 17.9. The number of allylic oxidation sites excluding steroid dienone is 1. The minimum absolute atomic E-state index is 0.111. The van der Waals surface area contributed by atoms with Crippen LogP contribution in [0.1, 0.15) is 98.8 Å². The summed E-state index contributed by atoms with van der Waals surface area (Å²) in [6, 6.07) is 0. The lowest BCUT2D eigenvalue weighted by Gasteiger charge is -2.73. The first kappa shape index (κ1) is 25.3.